The zero-order chi connectivity index (χ0) is 14.8. The van der Waals surface area contributed by atoms with Gasteiger partial charge in [-0.05, 0) is 66.1 Å². The number of hydrogen-bond donors (Lipinski definition) is 0. The Kier molecular flexibility index (Phi) is 4.36. The summed E-state index contributed by atoms with van der Waals surface area (Å²) in [5.41, 5.74) is 3.20. The first kappa shape index (κ1) is 14.7. The van der Waals surface area contributed by atoms with Crippen LogP contribution in [-0.2, 0) is 0 Å². The van der Waals surface area contributed by atoms with E-state index in [9.17, 15) is 4.79 Å². The van der Waals surface area contributed by atoms with Crippen LogP contribution >= 0.6 is 23.1 Å². The molecule has 2 aromatic rings. The molecule has 0 spiro atoms. The molecule has 0 saturated carbocycles. The predicted molar refractivity (Wildman–Crippen MR) is 90.3 cm³/mol. The van der Waals surface area contributed by atoms with E-state index in [0.29, 0.717) is 0 Å². The lowest BCUT2D eigenvalue weighted by Crippen LogP contribution is -2.30. The second-order valence-corrected chi connectivity index (χ2v) is 7.05. The smallest absolute Gasteiger partial charge is 0.254 e. The fourth-order valence-corrected chi connectivity index (χ4v) is 4.08. The molecule has 1 aromatic carbocycles. The number of rotatable bonds is 3. The van der Waals surface area contributed by atoms with Crippen molar-refractivity contribution in [2.75, 3.05) is 12.8 Å². The first-order valence-corrected chi connectivity index (χ1v) is 9.35. The first-order valence-electron chi connectivity index (χ1n) is 7.18. The van der Waals surface area contributed by atoms with E-state index < -0.39 is 0 Å². The maximum Gasteiger partial charge on any atom is 0.254 e. The number of carbonyl (C=O) groups excluding carboxylic acids is 1. The van der Waals surface area contributed by atoms with E-state index in [1.807, 2.05) is 19.2 Å². The number of likely N-dealkylation sites (tertiary alicyclic amines) is 1. The molecule has 1 aromatic heterocycles. The maximum atomic E-state index is 13.0. The van der Waals surface area contributed by atoms with E-state index in [1.54, 1.807) is 23.1 Å². The van der Waals surface area contributed by atoms with Crippen LogP contribution in [0.2, 0.25) is 0 Å². The van der Waals surface area contributed by atoms with Gasteiger partial charge in [-0.25, -0.2) is 0 Å². The Morgan fingerprint density at radius 2 is 2.24 bits per heavy atom. The summed E-state index contributed by atoms with van der Waals surface area (Å²) in [7, 11) is 0. The summed E-state index contributed by atoms with van der Waals surface area (Å²) in [6.07, 6.45) is 4.21. The van der Waals surface area contributed by atoms with Crippen molar-refractivity contribution in [1.82, 2.24) is 4.90 Å². The van der Waals surface area contributed by atoms with Crippen LogP contribution < -0.4 is 0 Å². The Balaban J connectivity index is 1.91. The van der Waals surface area contributed by atoms with Gasteiger partial charge in [-0.1, -0.05) is 6.07 Å². The molecule has 3 rings (SSSR count). The highest BCUT2D eigenvalue weighted by Crippen LogP contribution is 2.34. The van der Waals surface area contributed by atoms with Gasteiger partial charge >= 0.3 is 0 Å². The molecule has 4 heteroatoms. The van der Waals surface area contributed by atoms with Crippen LogP contribution in [0, 0.1) is 6.92 Å². The number of nitrogens with zero attached hydrogens (tertiary/aromatic N) is 1. The van der Waals surface area contributed by atoms with Crippen LogP contribution in [0.5, 0.6) is 0 Å². The lowest BCUT2D eigenvalue weighted by molar-refractivity contribution is 0.0735. The van der Waals surface area contributed by atoms with E-state index >= 15 is 0 Å². The van der Waals surface area contributed by atoms with Gasteiger partial charge in [-0.2, -0.15) is 11.3 Å². The zero-order valence-corrected chi connectivity index (χ0v) is 14.0. The maximum absolute atomic E-state index is 13.0. The number of amides is 1. The second-order valence-electron chi connectivity index (χ2n) is 5.39. The summed E-state index contributed by atoms with van der Waals surface area (Å²) >= 11 is 3.39. The number of hydrogen-bond acceptors (Lipinski definition) is 3. The zero-order valence-electron chi connectivity index (χ0n) is 12.3. The molecular weight excluding hydrogens is 298 g/mol. The number of benzene rings is 1. The molecule has 0 bridgehead atoms. The van der Waals surface area contributed by atoms with Gasteiger partial charge in [0.1, 0.15) is 0 Å². The molecule has 0 radical (unpaired) electrons. The number of aryl methyl sites for hydroxylation is 1. The minimum atomic E-state index is 0.178. The summed E-state index contributed by atoms with van der Waals surface area (Å²) in [4.78, 5) is 16.2. The monoisotopic (exact) mass is 317 g/mol. The van der Waals surface area contributed by atoms with Gasteiger partial charge in [0, 0.05) is 17.0 Å². The third kappa shape index (κ3) is 2.87. The minimum absolute atomic E-state index is 0.178. The van der Waals surface area contributed by atoms with Crippen molar-refractivity contribution in [3.63, 3.8) is 0 Å². The molecular formula is C17H19NOS2. The molecule has 1 aliphatic heterocycles. The van der Waals surface area contributed by atoms with Crippen molar-refractivity contribution < 1.29 is 4.79 Å². The third-order valence-electron chi connectivity index (χ3n) is 4.12. The molecule has 1 saturated heterocycles. The van der Waals surface area contributed by atoms with Crippen LogP contribution in [0.15, 0.2) is 39.9 Å². The van der Waals surface area contributed by atoms with Gasteiger partial charge in [0.2, 0.25) is 0 Å². The standard InChI is InChI=1S/C17H19NOS2/c1-12-5-6-14(20-2)10-15(12)17(19)18-8-3-4-16(18)13-7-9-21-11-13/h5-7,9-11,16H,3-4,8H2,1-2H3/t16-/m1/s1. The molecule has 21 heavy (non-hydrogen) atoms. The van der Waals surface area contributed by atoms with Crippen molar-refractivity contribution in [3.05, 3.63) is 51.7 Å². The molecule has 0 aliphatic carbocycles. The normalized spacial score (nSPS) is 18.2. The predicted octanol–water partition coefficient (Wildman–Crippen LogP) is 4.76. The quantitative estimate of drug-likeness (QED) is 0.761. The fraction of sp³-hybridized carbons (Fsp3) is 0.353. The highest BCUT2D eigenvalue weighted by molar-refractivity contribution is 7.98. The Hall–Kier alpha value is -1.26. The van der Waals surface area contributed by atoms with Gasteiger partial charge < -0.3 is 4.90 Å². The summed E-state index contributed by atoms with van der Waals surface area (Å²) < 4.78 is 0. The van der Waals surface area contributed by atoms with E-state index in [4.69, 9.17) is 0 Å². The van der Waals surface area contributed by atoms with Crippen LogP contribution in [0.25, 0.3) is 0 Å². The number of thioether (sulfide) groups is 1. The summed E-state index contributed by atoms with van der Waals surface area (Å²) in [5, 5.41) is 4.26. The molecule has 1 atom stereocenters. The topological polar surface area (TPSA) is 20.3 Å². The molecule has 2 nitrogen and oxygen atoms in total. The largest absolute Gasteiger partial charge is 0.332 e. The molecule has 0 unspecified atom stereocenters. The van der Waals surface area contributed by atoms with E-state index in [1.165, 1.54) is 5.56 Å². The van der Waals surface area contributed by atoms with Crippen molar-refractivity contribution in [2.24, 2.45) is 0 Å². The van der Waals surface area contributed by atoms with Crippen LogP contribution in [0.1, 0.15) is 40.4 Å². The Bertz CT molecular complexity index is 636. The molecule has 1 amide bonds. The van der Waals surface area contributed by atoms with Gasteiger partial charge in [0.25, 0.3) is 5.91 Å². The molecule has 1 aliphatic rings. The van der Waals surface area contributed by atoms with Crippen molar-refractivity contribution in [3.8, 4) is 0 Å². The van der Waals surface area contributed by atoms with Crippen LogP contribution in [-0.4, -0.2) is 23.6 Å². The molecule has 1 fully saturated rings. The van der Waals surface area contributed by atoms with Gasteiger partial charge in [-0.3, -0.25) is 4.79 Å². The van der Waals surface area contributed by atoms with Gasteiger partial charge in [-0.15, -0.1) is 11.8 Å². The highest BCUT2D eigenvalue weighted by atomic mass is 32.2. The summed E-state index contributed by atoms with van der Waals surface area (Å²) in [6.45, 7) is 2.88. The van der Waals surface area contributed by atoms with Crippen molar-refractivity contribution in [2.45, 2.75) is 30.7 Å². The Morgan fingerprint density at radius 3 is 2.95 bits per heavy atom. The SMILES string of the molecule is CSc1ccc(C)c(C(=O)N2CCC[C@@H]2c2ccsc2)c1. The second kappa shape index (κ2) is 6.24. The third-order valence-corrected chi connectivity index (χ3v) is 5.54. The number of carbonyl (C=O) groups is 1. The van der Waals surface area contributed by atoms with Gasteiger partial charge in [0.05, 0.1) is 6.04 Å². The lowest BCUT2D eigenvalue weighted by atomic mass is 10.1. The Morgan fingerprint density at radius 1 is 1.38 bits per heavy atom. The Labute approximate surface area is 134 Å². The average Bonchev–Trinajstić information content (AvgIpc) is 3.17. The average molecular weight is 317 g/mol. The van der Waals surface area contributed by atoms with Crippen molar-refractivity contribution in [1.29, 1.82) is 0 Å². The van der Waals surface area contributed by atoms with E-state index in [2.05, 4.69) is 33.9 Å². The lowest BCUT2D eigenvalue weighted by Gasteiger charge is -2.25. The molecule has 0 N–H and O–H groups in total. The summed E-state index contributed by atoms with van der Waals surface area (Å²) in [6, 6.07) is 8.56. The van der Waals surface area contributed by atoms with Crippen LogP contribution in [0.4, 0.5) is 0 Å². The highest BCUT2D eigenvalue weighted by Gasteiger charge is 2.31. The fourth-order valence-electron chi connectivity index (χ4n) is 2.93. The molecule has 110 valence electrons. The van der Waals surface area contributed by atoms with Crippen molar-refractivity contribution >= 4 is 29.0 Å². The number of thiophene rings is 1. The summed E-state index contributed by atoms with van der Waals surface area (Å²) in [5.74, 6) is 0.178. The molecule has 2 heterocycles. The minimum Gasteiger partial charge on any atom is -0.332 e. The van der Waals surface area contributed by atoms with E-state index in [0.717, 1.165) is 35.4 Å². The first-order chi connectivity index (χ1) is 10.2. The van der Waals surface area contributed by atoms with Gasteiger partial charge in [0.15, 0.2) is 0 Å². The van der Waals surface area contributed by atoms with Crippen LogP contribution in [0.3, 0.4) is 0 Å². The van der Waals surface area contributed by atoms with E-state index in [-0.39, 0.29) is 11.9 Å².